The van der Waals surface area contributed by atoms with Gasteiger partial charge in [-0.15, -0.1) is 0 Å². The normalized spacial score (nSPS) is 11.8. The molecule has 0 radical (unpaired) electrons. The Morgan fingerprint density at radius 2 is 1.53 bits per heavy atom. The fourth-order valence-electron chi connectivity index (χ4n) is 5.21. The topological polar surface area (TPSA) is 121 Å². The van der Waals surface area contributed by atoms with Crippen molar-refractivity contribution in [2.45, 2.75) is 52.1 Å². The van der Waals surface area contributed by atoms with Gasteiger partial charge in [0.25, 0.3) is 0 Å². The molecule has 10 nitrogen and oxygen atoms in total. The summed E-state index contributed by atoms with van der Waals surface area (Å²) >= 11 is 6.16. The van der Waals surface area contributed by atoms with Gasteiger partial charge in [0.05, 0.1) is 37.5 Å². The first-order valence-electron chi connectivity index (χ1n) is 16.3. The van der Waals surface area contributed by atoms with E-state index in [9.17, 15) is 14.3 Å². The molecule has 0 aliphatic carbocycles. The largest absolute Gasteiger partial charge is 0.493 e. The molecule has 0 spiro atoms. The molecule has 2 N–H and O–H groups in total. The minimum atomic E-state index is -0.528. The van der Waals surface area contributed by atoms with Gasteiger partial charge >= 0.3 is 5.97 Å². The maximum atomic E-state index is 13.5. The number of nitrogens with zero attached hydrogens (tertiary/aromatic N) is 3. The maximum absolute atomic E-state index is 13.5. The van der Waals surface area contributed by atoms with Crippen LogP contribution in [0.2, 0.25) is 5.02 Å². The number of hydrogen-bond acceptors (Lipinski definition) is 8. The highest BCUT2D eigenvalue weighted by molar-refractivity contribution is 6.31. The number of aromatic amines is 1. The molecule has 0 unspecified atom stereocenters. The highest BCUT2D eigenvalue weighted by Gasteiger charge is 2.22. The van der Waals surface area contributed by atoms with Crippen LogP contribution in [0.15, 0.2) is 66.7 Å². The Bertz CT molecular complexity index is 1820. The quantitative estimate of drug-likeness (QED) is 0.0788. The van der Waals surface area contributed by atoms with Crippen LogP contribution in [0.4, 0.5) is 4.39 Å². The molecule has 0 atom stereocenters. The molecule has 0 saturated heterocycles. The smallest absolute Gasteiger partial charge is 0.332 e. The second kappa shape index (κ2) is 16.9. The van der Waals surface area contributed by atoms with Gasteiger partial charge in [0.15, 0.2) is 0 Å². The summed E-state index contributed by atoms with van der Waals surface area (Å²) in [5.74, 6) is -0.325. The van der Waals surface area contributed by atoms with Crippen LogP contribution < -0.4 is 0 Å². The molecule has 0 bridgehead atoms. The lowest BCUT2D eigenvalue weighted by atomic mass is 9.99. The van der Waals surface area contributed by atoms with Gasteiger partial charge in [0.1, 0.15) is 23.7 Å². The van der Waals surface area contributed by atoms with E-state index in [1.807, 2.05) is 39.0 Å². The van der Waals surface area contributed by atoms with Crippen LogP contribution in [0.1, 0.15) is 43.9 Å². The van der Waals surface area contributed by atoms with E-state index in [1.165, 1.54) is 16.8 Å². The summed E-state index contributed by atoms with van der Waals surface area (Å²) in [6.45, 7) is 7.52. The number of aryl methyl sites for hydroxylation is 2. The Morgan fingerprint density at radius 3 is 2.24 bits per heavy atom. The Kier molecular flexibility index (Phi) is 12.4. The summed E-state index contributed by atoms with van der Waals surface area (Å²) < 4.78 is 36.6. The molecule has 0 aliphatic rings. The number of carbonyl (C=O) groups is 1. The molecular formula is C37H42ClFN4O6. The van der Waals surface area contributed by atoms with Gasteiger partial charge in [0.2, 0.25) is 11.8 Å². The monoisotopic (exact) mass is 692 g/mol. The van der Waals surface area contributed by atoms with Crippen molar-refractivity contribution in [1.82, 2.24) is 19.7 Å². The van der Waals surface area contributed by atoms with Crippen molar-refractivity contribution in [2.24, 2.45) is 0 Å². The Labute approximate surface area is 290 Å². The third kappa shape index (κ3) is 10.6. The maximum Gasteiger partial charge on any atom is 0.332 e. The first kappa shape index (κ1) is 36.0. The minimum absolute atomic E-state index is 0.0132. The zero-order valence-electron chi connectivity index (χ0n) is 28.0. The zero-order chi connectivity index (χ0) is 34.8. The molecule has 260 valence electrons. The van der Waals surface area contributed by atoms with Crippen molar-refractivity contribution >= 4 is 28.6 Å². The Balaban J connectivity index is 1.13. The number of benzene rings is 3. The lowest BCUT2D eigenvalue weighted by molar-refractivity contribution is -0.160. The average Bonchev–Trinajstić information content (AvgIpc) is 3.62. The number of hydrogen-bond donors (Lipinski definition) is 2. The predicted octanol–water partition coefficient (Wildman–Crippen LogP) is 7.02. The fourth-order valence-corrected chi connectivity index (χ4v) is 5.38. The second-order valence-corrected chi connectivity index (χ2v) is 13.0. The van der Waals surface area contributed by atoms with E-state index in [4.69, 9.17) is 35.6 Å². The number of fused-ring (bicyclic) bond motifs is 1. The van der Waals surface area contributed by atoms with Crippen LogP contribution in [0.3, 0.4) is 0 Å². The van der Waals surface area contributed by atoms with Crippen LogP contribution >= 0.6 is 11.6 Å². The van der Waals surface area contributed by atoms with Crippen molar-refractivity contribution in [3.63, 3.8) is 0 Å². The Morgan fingerprint density at radius 1 is 0.878 bits per heavy atom. The van der Waals surface area contributed by atoms with E-state index in [-0.39, 0.29) is 18.3 Å². The molecule has 0 aliphatic heterocycles. The highest BCUT2D eigenvalue weighted by atomic mass is 35.5. The van der Waals surface area contributed by atoms with Crippen LogP contribution in [0.25, 0.3) is 28.2 Å². The lowest BCUT2D eigenvalue weighted by Gasteiger charge is -2.19. The van der Waals surface area contributed by atoms with E-state index >= 15 is 0 Å². The Hall–Kier alpha value is -4.29. The molecular weight excluding hydrogens is 651 g/mol. The molecule has 5 rings (SSSR count). The summed E-state index contributed by atoms with van der Waals surface area (Å²) in [6.07, 6.45) is 2.75. The molecule has 0 saturated carbocycles. The molecule has 5 aromatic rings. The van der Waals surface area contributed by atoms with Crippen molar-refractivity contribution < 1.29 is 33.2 Å². The van der Waals surface area contributed by atoms with Crippen molar-refractivity contribution in [2.75, 3.05) is 39.6 Å². The fraction of sp³-hybridized carbons (Fsp3) is 0.378. The van der Waals surface area contributed by atoms with Gasteiger partial charge in [-0.05, 0) is 87.9 Å². The van der Waals surface area contributed by atoms with E-state index in [2.05, 4.69) is 22.1 Å². The molecule has 49 heavy (non-hydrogen) atoms. The standard InChI is InChI=1S/C37H42ClFN4O6/c1-37(2,3)49-33(44)24-48-22-21-47-20-19-46-18-4-5-25-6-11-27(12-7-25)34-30(16-10-26-8-14-29(39)15-9-26)35(45)43(42-34)36-40-31-17-13-28(38)23-32(31)41-36/h6-9,11-15,17,23,45H,4-5,10,16,18-22,24H2,1-3H3,(H,40,41). The first-order chi connectivity index (χ1) is 23.6. The van der Waals surface area contributed by atoms with Crippen LogP contribution in [0.5, 0.6) is 5.88 Å². The molecule has 0 amide bonds. The molecule has 0 fully saturated rings. The molecule has 3 aromatic carbocycles. The first-order valence-corrected chi connectivity index (χ1v) is 16.7. The van der Waals surface area contributed by atoms with Crippen molar-refractivity contribution in [3.8, 4) is 23.1 Å². The highest BCUT2D eigenvalue weighted by Crippen LogP contribution is 2.33. The van der Waals surface area contributed by atoms with Gasteiger partial charge in [-0.25, -0.2) is 14.2 Å². The van der Waals surface area contributed by atoms with Gasteiger partial charge in [-0.3, -0.25) is 0 Å². The molecule has 2 aromatic heterocycles. The number of carbonyl (C=O) groups excluding carboxylic acids is 1. The number of nitrogens with one attached hydrogen (secondary N) is 1. The minimum Gasteiger partial charge on any atom is -0.493 e. The number of H-pyrrole nitrogens is 1. The third-order valence-electron chi connectivity index (χ3n) is 7.53. The summed E-state index contributed by atoms with van der Waals surface area (Å²) in [5, 5.41) is 16.8. The number of aromatic hydroxyl groups is 1. The van der Waals surface area contributed by atoms with Gasteiger partial charge < -0.3 is 29.0 Å². The summed E-state index contributed by atoms with van der Waals surface area (Å²) in [7, 11) is 0. The number of halogens is 2. The lowest BCUT2D eigenvalue weighted by Crippen LogP contribution is -2.27. The number of aromatic nitrogens is 4. The SMILES string of the molecule is CC(C)(C)OC(=O)COCCOCCOCCCc1ccc(-c2nn(-c3nc4cc(Cl)ccc4[nH]3)c(O)c2CCc2ccc(F)cc2)cc1. The van der Waals surface area contributed by atoms with Crippen LogP contribution in [-0.4, -0.2) is 76.1 Å². The molecule has 12 heteroatoms. The van der Waals surface area contributed by atoms with E-state index in [0.29, 0.717) is 73.6 Å². The van der Waals surface area contributed by atoms with Gasteiger partial charge in [-0.2, -0.15) is 9.78 Å². The number of imidazole rings is 1. The van der Waals surface area contributed by atoms with Crippen LogP contribution in [-0.2, 0) is 43.0 Å². The number of ether oxygens (including phenoxy) is 4. The van der Waals surface area contributed by atoms with E-state index < -0.39 is 11.6 Å². The van der Waals surface area contributed by atoms with E-state index in [1.54, 1.807) is 24.3 Å². The van der Waals surface area contributed by atoms with Crippen molar-refractivity contribution in [1.29, 1.82) is 0 Å². The summed E-state index contributed by atoms with van der Waals surface area (Å²) in [5.41, 5.74) is 5.17. The predicted molar refractivity (Wildman–Crippen MR) is 186 cm³/mol. The third-order valence-corrected chi connectivity index (χ3v) is 7.77. The van der Waals surface area contributed by atoms with Gasteiger partial charge in [-0.1, -0.05) is 48.0 Å². The van der Waals surface area contributed by atoms with Crippen molar-refractivity contribution in [3.05, 3.63) is 94.3 Å². The number of esters is 1. The summed E-state index contributed by atoms with van der Waals surface area (Å²) in [6, 6.07) is 19.8. The average molecular weight is 693 g/mol. The van der Waals surface area contributed by atoms with Gasteiger partial charge in [0, 0.05) is 22.8 Å². The zero-order valence-corrected chi connectivity index (χ0v) is 28.8. The molecule has 2 heterocycles. The second-order valence-electron chi connectivity index (χ2n) is 12.6. The summed E-state index contributed by atoms with van der Waals surface area (Å²) in [4.78, 5) is 19.4. The van der Waals surface area contributed by atoms with Crippen LogP contribution in [0, 0.1) is 5.82 Å². The van der Waals surface area contributed by atoms with E-state index in [0.717, 1.165) is 35.0 Å². The number of rotatable bonds is 17.